The van der Waals surface area contributed by atoms with Crippen LogP contribution < -0.4 is 15.4 Å². The zero-order valence-corrected chi connectivity index (χ0v) is 19.0. The van der Waals surface area contributed by atoms with E-state index in [1.807, 2.05) is 6.92 Å². The van der Waals surface area contributed by atoms with E-state index in [1.54, 1.807) is 48.5 Å². The fourth-order valence-electron chi connectivity index (χ4n) is 2.65. The van der Waals surface area contributed by atoms with Gasteiger partial charge >= 0.3 is 0 Å². The lowest BCUT2D eigenvalue weighted by atomic mass is 10.1. The van der Waals surface area contributed by atoms with Gasteiger partial charge in [-0.25, -0.2) is 0 Å². The number of hydrogen-bond acceptors (Lipinski definition) is 5. The smallest absolute Gasteiger partial charge is 0.257 e. The van der Waals surface area contributed by atoms with E-state index in [4.69, 9.17) is 38.1 Å². The van der Waals surface area contributed by atoms with Crippen LogP contribution in [0.3, 0.4) is 0 Å². The van der Waals surface area contributed by atoms with Crippen molar-refractivity contribution in [1.29, 1.82) is 0 Å². The van der Waals surface area contributed by atoms with E-state index in [9.17, 15) is 4.79 Å². The molecule has 0 radical (unpaired) electrons. The Balaban J connectivity index is 1.65. The molecule has 3 rings (SSSR count). The molecule has 0 bridgehead atoms. The lowest BCUT2D eigenvalue weighted by Gasteiger charge is -2.12. The Kier molecular flexibility index (Phi) is 7.49. The van der Waals surface area contributed by atoms with Crippen molar-refractivity contribution in [2.75, 3.05) is 11.9 Å². The Hall–Kier alpha value is -2.39. The summed E-state index contributed by atoms with van der Waals surface area (Å²) in [5.41, 5.74) is 1.72. The lowest BCUT2D eigenvalue weighted by Crippen LogP contribution is -2.34. The second-order valence-corrected chi connectivity index (χ2v) is 7.77. The van der Waals surface area contributed by atoms with Gasteiger partial charge in [-0.15, -0.1) is 0 Å². The molecule has 0 saturated carbocycles. The molecular formula is C21H18BrClN2O4S. The number of carbonyl (C=O) groups is 1. The van der Waals surface area contributed by atoms with Crippen LogP contribution in [-0.4, -0.2) is 22.7 Å². The van der Waals surface area contributed by atoms with Gasteiger partial charge in [-0.3, -0.25) is 10.1 Å². The third-order valence-corrected chi connectivity index (χ3v) is 5.17. The van der Waals surface area contributed by atoms with Crippen molar-refractivity contribution in [2.45, 2.75) is 13.5 Å². The van der Waals surface area contributed by atoms with Gasteiger partial charge in [0.25, 0.3) is 5.91 Å². The summed E-state index contributed by atoms with van der Waals surface area (Å²) in [4.78, 5) is 12.4. The Labute approximate surface area is 192 Å². The Morgan fingerprint density at radius 2 is 2.03 bits per heavy atom. The summed E-state index contributed by atoms with van der Waals surface area (Å²) >= 11 is 15.0. The topological polar surface area (TPSA) is 83.7 Å². The summed E-state index contributed by atoms with van der Waals surface area (Å²) in [6, 6.07) is 13.6. The molecule has 3 aromatic rings. The minimum Gasteiger partial charge on any atom is -0.493 e. The van der Waals surface area contributed by atoms with Crippen molar-refractivity contribution < 1.29 is 19.1 Å². The molecule has 156 valence electrons. The average molecular weight is 510 g/mol. The molecule has 0 fully saturated rings. The molecule has 1 amide bonds. The van der Waals surface area contributed by atoms with Crippen molar-refractivity contribution in [3.63, 3.8) is 0 Å². The molecule has 0 unspecified atom stereocenters. The maximum atomic E-state index is 12.4. The van der Waals surface area contributed by atoms with Gasteiger partial charge < -0.3 is 19.6 Å². The van der Waals surface area contributed by atoms with Crippen molar-refractivity contribution in [2.24, 2.45) is 0 Å². The number of rotatable bonds is 6. The summed E-state index contributed by atoms with van der Waals surface area (Å²) in [5.74, 6) is 1.30. The van der Waals surface area contributed by atoms with E-state index in [0.29, 0.717) is 50.2 Å². The van der Waals surface area contributed by atoms with E-state index >= 15 is 0 Å². The molecule has 2 aromatic carbocycles. The Morgan fingerprint density at radius 1 is 1.23 bits per heavy atom. The van der Waals surface area contributed by atoms with Crippen LogP contribution in [0.1, 0.15) is 23.0 Å². The summed E-state index contributed by atoms with van der Waals surface area (Å²) in [7, 11) is 0. The zero-order valence-electron chi connectivity index (χ0n) is 15.9. The van der Waals surface area contributed by atoms with Gasteiger partial charge in [0.15, 0.2) is 5.11 Å². The van der Waals surface area contributed by atoms with Gasteiger partial charge in [0.2, 0.25) is 0 Å². The van der Waals surface area contributed by atoms with Gasteiger partial charge in [-0.1, -0.05) is 11.6 Å². The number of halogens is 2. The fraction of sp³-hybridized carbons (Fsp3) is 0.143. The monoisotopic (exact) mass is 508 g/mol. The number of ether oxygens (including phenoxy) is 1. The quantitative estimate of drug-likeness (QED) is 0.387. The maximum absolute atomic E-state index is 12.4. The van der Waals surface area contributed by atoms with Gasteiger partial charge in [-0.05, 0) is 83.6 Å². The van der Waals surface area contributed by atoms with Crippen molar-refractivity contribution in [3.05, 3.63) is 69.3 Å². The minimum atomic E-state index is -0.355. The lowest BCUT2D eigenvalue weighted by molar-refractivity contribution is 0.0977. The second kappa shape index (κ2) is 10.1. The number of aliphatic hydroxyl groups excluding tert-OH is 1. The van der Waals surface area contributed by atoms with Gasteiger partial charge in [0, 0.05) is 16.8 Å². The number of aliphatic hydroxyl groups is 1. The highest BCUT2D eigenvalue weighted by Gasteiger charge is 2.13. The predicted molar refractivity (Wildman–Crippen MR) is 124 cm³/mol. The van der Waals surface area contributed by atoms with Crippen LogP contribution in [0.4, 0.5) is 5.69 Å². The Bertz CT molecular complexity index is 1090. The first-order valence-electron chi connectivity index (χ1n) is 8.95. The normalized spacial score (nSPS) is 10.5. The number of benzene rings is 2. The SMILES string of the molecule is CCOc1ccc(C(=O)NC(=S)Nc2ccc(-c3ccc(CO)o3)c(Cl)c2)cc1Br. The first-order chi connectivity index (χ1) is 14.4. The fourth-order valence-corrected chi connectivity index (χ4v) is 3.63. The molecule has 30 heavy (non-hydrogen) atoms. The van der Waals surface area contributed by atoms with Gasteiger partial charge in [0.05, 0.1) is 16.1 Å². The zero-order chi connectivity index (χ0) is 21.7. The largest absolute Gasteiger partial charge is 0.493 e. The highest BCUT2D eigenvalue weighted by molar-refractivity contribution is 9.10. The molecule has 0 aliphatic rings. The maximum Gasteiger partial charge on any atom is 0.257 e. The number of carbonyl (C=O) groups excluding carboxylic acids is 1. The highest BCUT2D eigenvalue weighted by atomic mass is 79.9. The van der Waals surface area contributed by atoms with E-state index in [-0.39, 0.29) is 17.6 Å². The molecule has 0 aliphatic heterocycles. The molecule has 0 aliphatic carbocycles. The number of nitrogens with one attached hydrogen (secondary N) is 2. The molecule has 1 aromatic heterocycles. The van der Waals surface area contributed by atoms with Crippen LogP contribution >= 0.6 is 39.7 Å². The predicted octanol–water partition coefficient (Wildman–Crippen LogP) is 5.38. The standard InChI is InChI=1S/C21H18BrClN2O4S/c1-2-28-19-7-3-12(9-16(19)22)20(27)25-21(30)24-13-4-6-15(17(23)10-13)18-8-5-14(11-26)29-18/h3-10,26H,2,11H2,1H3,(H2,24,25,27,30). The second-order valence-electron chi connectivity index (χ2n) is 6.11. The van der Waals surface area contributed by atoms with Crippen LogP contribution in [0.2, 0.25) is 5.02 Å². The molecule has 0 atom stereocenters. The van der Waals surface area contributed by atoms with Crippen molar-refractivity contribution in [3.8, 4) is 17.1 Å². The molecule has 3 N–H and O–H groups in total. The molecule has 9 heteroatoms. The minimum absolute atomic E-state index is 0.134. The van der Waals surface area contributed by atoms with Gasteiger partial charge in [-0.2, -0.15) is 0 Å². The number of anilines is 1. The highest BCUT2D eigenvalue weighted by Crippen LogP contribution is 2.31. The van der Waals surface area contributed by atoms with Crippen molar-refractivity contribution in [1.82, 2.24) is 5.32 Å². The van der Waals surface area contributed by atoms with Crippen molar-refractivity contribution >= 4 is 56.5 Å². The number of hydrogen-bond donors (Lipinski definition) is 3. The van der Waals surface area contributed by atoms with Gasteiger partial charge in [0.1, 0.15) is 23.9 Å². The number of amides is 1. The third kappa shape index (κ3) is 5.40. The number of furan rings is 1. The van der Waals surface area contributed by atoms with E-state index < -0.39 is 0 Å². The van der Waals surface area contributed by atoms with Crippen LogP contribution in [0.5, 0.6) is 5.75 Å². The van der Waals surface area contributed by atoms with Crippen LogP contribution in [0.15, 0.2) is 57.4 Å². The Morgan fingerprint density at radius 3 is 2.67 bits per heavy atom. The first-order valence-corrected chi connectivity index (χ1v) is 10.5. The molecule has 1 heterocycles. The van der Waals surface area contributed by atoms with E-state index in [0.717, 1.165) is 0 Å². The summed E-state index contributed by atoms with van der Waals surface area (Å²) in [6.45, 7) is 2.23. The average Bonchev–Trinajstić information content (AvgIpc) is 3.18. The molecule has 0 saturated heterocycles. The third-order valence-electron chi connectivity index (χ3n) is 4.03. The van der Waals surface area contributed by atoms with Crippen LogP contribution in [0.25, 0.3) is 11.3 Å². The summed E-state index contributed by atoms with van der Waals surface area (Å²) in [6.07, 6.45) is 0. The van der Waals surface area contributed by atoms with E-state index in [1.165, 1.54) is 0 Å². The first kappa shape index (κ1) is 22.3. The molecule has 6 nitrogen and oxygen atoms in total. The number of thiocarbonyl (C=S) groups is 1. The summed E-state index contributed by atoms with van der Waals surface area (Å²) in [5, 5.41) is 15.3. The van der Waals surface area contributed by atoms with Crippen LogP contribution in [0, 0.1) is 0 Å². The molecular weight excluding hydrogens is 492 g/mol. The van der Waals surface area contributed by atoms with Crippen LogP contribution in [-0.2, 0) is 6.61 Å². The molecule has 0 spiro atoms. The van der Waals surface area contributed by atoms with E-state index in [2.05, 4.69) is 26.6 Å². The summed E-state index contributed by atoms with van der Waals surface area (Å²) < 4.78 is 11.6.